The number of nitro groups is 1. The Kier molecular flexibility index (Phi) is 3.15. The van der Waals surface area contributed by atoms with Gasteiger partial charge in [-0.2, -0.15) is 0 Å². The first-order valence-corrected chi connectivity index (χ1v) is 5.34. The van der Waals surface area contributed by atoms with Gasteiger partial charge in [-0.05, 0) is 33.8 Å². The molecule has 0 aliphatic carbocycles. The Bertz CT molecular complexity index is 573. The number of hydrogen-bond acceptors (Lipinski definition) is 8. The van der Waals surface area contributed by atoms with E-state index >= 15 is 0 Å². The Morgan fingerprint density at radius 3 is 2.94 bits per heavy atom. The summed E-state index contributed by atoms with van der Waals surface area (Å²) >= 11 is 6.52. The van der Waals surface area contributed by atoms with Crippen LogP contribution in [-0.4, -0.2) is 35.1 Å². The van der Waals surface area contributed by atoms with E-state index < -0.39 is 4.92 Å². The van der Waals surface area contributed by atoms with Crippen LogP contribution in [0.4, 0.5) is 5.69 Å². The summed E-state index contributed by atoms with van der Waals surface area (Å²) in [5.74, 6) is 0. The molecule has 0 aromatic carbocycles. The van der Waals surface area contributed by atoms with E-state index in [-0.39, 0.29) is 16.0 Å². The topological polar surface area (TPSA) is 113 Å². The van der Waals surface area contributed by atoms with Gasteiger partial charge >= 0.3 is 5.69 Å². The maximum Gasteiger partial charge on any atom is 0.320 e. The third kappa shape index (κ3) is 2.47. The van der Waals surface area contributed by atoms with E-state index in [1.807, 2.05) is 0 Å². The van der Waals surface area contributed by atoms with Crippen molar-refractivity contribution < 1.29 is 4.92 Å². The number of aryl methyl sites for hydroxylation is 1. The maximum atomic E-state index is 10.8. The van der Waals surface area contributed by atoms with Crippen LogP contribution in [0.2, 0.25) is 5.28 Å². The fraction of sp³-hybridized carbons (Fsp3) is 0.167. The molecule has 0 saturated heterocycles. The average molecular weight is 274 g/mol. The van der Waals surface area contributed by atoms with Crippen molar-refractivity contribution in [1.29, 1.82) is 0 Å². The van der Waals surface area contributed by atoms with Gasteiger partial charge in [0, 0.05) is 7.05 Å². The molecule has 0 bridgehead atoms. The molecule has 2 aromatic heterocycles. The summed E-state index contributed by atoms with van der Waals surface area (Å²) in [5.41, 5.74) is -0.248. The van der Waals surface area contributed by atoms with E-state index in [1.54, 1.807) is 7.05 Å². The van der Waals surface area contributed by atoms with Crippen molar-refractivity contribution >= 4 is 29.1 Å². The van der Waals surface area contributed by atoms with Gasteiger partial charge in [0.15, 0.2) is 5.03 Å². The van der Waals surface area contributed by atoms with Gasteiger partial charge in [0.1, 0.15) is 6.20 Å². The molecule has 0 unspecified atom stereocenters. The summed E-state index contributed by atoms with van der Waals surface area (Å²) < 4.78 is 1.37. The first kappa shape index (κ1) is 11.7. The normalized spacial score (nSPS) is 10.5. The van der Waals surface area contributed by atoms with Crippen LogP contribution in [0.3, 0.4) is 0 Å². The van der Waals surface area contributed by atoms with Crippen molar-refractivity contribution in [1.82, 2.24) is 30.2 Å². The van der Waals surface area contributed by atoms with Crippen molar-refractivity contribution in [3.8, 4) is 0 Å². The summed E-state index contributed by atoms with van der Waals surface area (Å²) in [6, 6.07) is 0. The highest BCUT2D eigenvalue weighted by Crippen LogP contribution is 2.31. The van der Waals surface area contributed by atoms with E-state index in [4.69, 9.17) is 11.6 Å². The van der Waals surface area contributed by atoms with E-state index in [2.05, 4.69) is 25.5 Å². The second-order valence-corrected chi connectivity index (χ2v) is 4.07. The Morgan fingerprint density at radius 2 is 2.35 bits per heavy atom. The third-order valence-electron chi connectivity index (χ3n) is 1.67. The Hall–Kier alpha value is -1.81. The monoisotopic (exact) mass is 273 g/mol. The number of hydrogen-bond donors (Lipinski definition) is 0. The number of rotatable bonds is 3. The molecular formula is C6H4ClN7O2S. The summed E-state index contributed by atoms with van der Waals surface area (Å²) in [7, 11) is 1.61. The molecule has 2 aromatic rings. The highest BCUT2D eigenvalue weighted by Gasteiger charge is 2.20. The largest absolute Gasteiger partial charge is 0.320 e. The molecule has 2 heterocycles. The summed E-state index contributed by atoms with van der Waals surface area (Å²) in [5, 5.41) is 21.8. The Labute approximate surface area is 103 Å². The molecule has 0 radical (unpaired) electrons. The minimum Gasteiger partial charge on any atom is -0.258 e. The molecule has 88 valence electrons. The van der Waals surface area contributed by atoms with Crippen molar-refractivity contribution in [2.24, 2.45) is 7.05 Å². The lowest BCUT2D eigenvalue weighted by atomic mass is 10.6. The molecule has 11 heteroatoms. The number of aromatic nitrogens is 6. The van der Waals surface area contributed by atoms with Gasteiger partial charge in [-0.1, -0.05) is 0 Å². The standard InChI is InChI=1S/C6H4ClN7O2S/c1-13-6(10-11-12-13)17-4-3(14(15)16)2-8-5(7)9-4/h2H,1H3. The highest BCUT2D eigenvalue weighted by atomic mass is 35.5. The van der Waals surface area contributed by atoms with Gasteiger partial charge in [-0.15, -0.1) is 5.10 Å². The third-order valence-corrected chi connectivity index (χ3v) is 2.88. The lowest BCUT2D eigenvalue weighted by molar-refractivity contribution is -0.388. The van der Waals surface area contributed by atoms with Gasteiger partial charge in [-0.25, -0.2) is 14.6 Å². The van der Waals surface area contributed by atoms with E-state index in [0.717, 1.165) is 18.0 Å². The SMILES string of the molecule is Cn1nnnc1Sc1nc(Cl)ncc1[N+](=O)[O-]. The molecule has 0 spiro atoms. The van der Waals surface area contributed by atoms with Crippen molar-refractivity contribution in [2.45, 2.75) is 10.2 Å². The molecule has 0 aliphatic rings. The van der Waals surface area contributed by atoms with Crippen LogP contribution in [0.1, 0.15) is 0 Å². The lowest BCUT2D eigenvalue weighted by Gasteiger charge is -1.99. The van der Waals surface area contributed by atoms with Crippen LogP contribution >= 0.6 is 23.4 Å². The zero-order chi connectivity index (χ0) is 12.4. The average Bonchev–Trinajstić information content (AvgIpc) is 2.64. The van der Waals surface area contributed by atoms with Gasteiger partial charge in [0.05, 0.1) is 4.92 Å². The summed E-state index contributed by atoms with van der Waals surface area (Å²) in [4.78, 5) is 17.5. The van der Waals surface area contributed by atoms with Crippen LogP contribution in [-0.2, 0) is 7.05 Å². The lowest BCUT2D eigenvalue weighted by Crippen LogP contribution is -1.98. The van der Waals surface area contributed by atoms with Gasteiger partial charge in [0.25, 0.3) is 0 Å². The number of nitrogens with zero attached hydrogens (tertiary/aromatic N) is 7. The van der Waals surface area contributed by atoms with E-state index in [0.29, 0.717) is 5.16 Å². The maximum absolute atomic E-state index is 10.8. The summed E-state index contributed by atoms with van der Waals surface area (Å²) in [6.07, 6.45) is 1.04. The molecule has 0 aliphatic heterocycles. The fourth-order valence-corrected chi connectivity index (χ4v) is 1.90. The van der Waals surface area contributed by atoms with Gasteiger partial charge in [-0.3, -0.25) is 10.1 Å². The van der Waals surface area contributed by atoms with Crippen molar-refractivity contribution in [3.63, 3.8) is 0 Å². The Balaban J connectivity index is 2.41. The number of halogens is 1. The molecule has 0 saturated carbocycles. The molecule has 0 atom stereocenters. The Morgan fingerprint density at radius 1 is 1.59 bits per heavy atom. The fourth-order valence-electron chi connectivity index (χ4n) is 0.934. The molecule has 2 rings (SSSR count). The van der Waals surface area contributed by atoms with Gasteiger partial charge in [0.2, 0.25) is 10.4 Å². The second-order valence-electron chi connectivity index (χ2n) is 2.77. The van der Waals surface area contributed by atoms with E-state index in [1.165, 1.54) is 4.68 Å². The van der Waals surface area contributed by atoms with Crippen LogP contribution in [0, 0.1) is 10.1 Å². The molecule has 0 N–H and O–H groups in total. The van der Waals surface area contributed by atoms with Gasteiger partial charge < -0.3 is 0 Å². The minimum absolute atomic E-state index is 0.0757. The number of tetrazole rings is 1. The van der Waals surface area contributed by atoms with Crippen LogP contribution in [0.5, 0.6) is 0 Å². The predicted molar refractivity (Wildman–Crippen MR) is 56.6 cm³/mol. The van der Waals surface area contributed by atoms with Crippen LogP contribution in [0.15, 0.2) is 16.4 Å². The van der Waals surface area contributed by atoms with Crippen LogP contribution < -0.4 is 0 Å². The molecule has 17 heavy (non-hydrogen) atoms. The quantitative estimate of drug-likeness (QED) is 0.348. The zero-order valence-electron chi connectivity index (χ0n) is 8.31. The molecule has 0 fully saturated rings. The predicted octanol–water partition coefficient (Wildman–Crippen LogP) is 0.713. The van der Waals surface area contributed by atoms with Crippen molar-refractivity contribution in [3.05, 3.63) is 21.6 Å². The first-order chi connectivity index (χ1) is 8.08. The molecule has 9 nitrogen and oxygen atoms in total. The highest BCUT2D eigenvalue weighted by molar-refractivity contribution is 7.99. The van der Waals surface area contributed by atoms with E-state index in [9.17, 15) is 10.1 Å². The van der Waals surface area contributed by atoms with Crippen molar-refractivity contribution in [2.75, 3.05) is 0 Å². The van der Waals surface area contributed by atoms with Crippen LogP contribution in [0.25, 0.3) is 0 Å². The molecular weight excluding hydrogens is 270 g/mol. The smallest absolute Gasteiger partial charge is 0.258 e. The molecule has 0 amide bonds. The minimum atomic E-state index is -0.595. The first-order valence-electron chi connectivity index (χ1n) is 4.15. The second kappa shape index (κ2) is 4.59. The zero-order valence-corrected chi connectivity index (χ0v) is 9.88. The summed E-state index contributed by atoms with van der Waals surface area (Å²) in [6.45, 7) is 0.